The summed E-state index contributed by atoms with van der Waals surface area (Å²) in [7, 11) is 0. The molecule has 2 bridgehead atoms. The van der Waals surface area contributed by atoms with Crippen molar-refractivity contribution in [3.05, 3.63) is 52.8 Å². The van der Waals surface area contributed by atoms with E-state index in [1.54, 1.807) is 31.2 Å². The monoisotopic (exact) mass is 450 g/mol. The van der Waals surface area contributed by atoms with Crippen LogP contribution in [-0.4, -0.2) is 28.7 Å². The molecule has 0 radical (unpaired) electrons. The van der Waals surface area contributed by atoms with Crippen LogP contribution in [0.25, 0.3) is 11.0 Å². The molecular formula is C21H17ClF2N2O3S. The van der Waals surface area contributed by atoms with Crippen LogP contribution in [0.4, 0.5) is 8.78 Å². The molecule has 3 aliphatic heterocycles. The molecule has 5 nitrogen and oxygen atoms in total. The topological polar surface area (TPSA) is 53.4 Å². The zero-order valence-electron chi connectivity index (χ0n) is 15.9. The van der Waals surface area contributed by atoms with Gasteiger partial charge in [0.25, 0.3) is 0 Å². The van der Waals surface area contributed by atoms with Crippen molar-refractivity contribution in [1.29, 1.82) is 0 Å². The Morgan fingerprint density at radius 3 is 3.00 bits per heavy atom. The third kappa shape index (κ3) is 2.80. The Hall–Kier alpha value is -2.32. The molecule has 9 heteroatoms. The third-order valence-corrected chi connectivity index (χ3v) is 7.27. The summed E-state index contributed by atoms with van der Waals surface area (Å²) in [6, 6.07) is 10.0. The highest BCUT2D eigenvalue weighted by Crippen LogP contribution is 2.59. The van der Waals surface area contributed by atoms with E-state index >= 15 is 0 Å². The number of carbonyl (C=O) groups excluding carboxylic acids is 1. The summed E-state index contributed by atoms with van der Waals surface area (Å²) in [5.41, 5.74) is 2.06. The molecule has 2 aromatic carbocycles. The Labute approximate surface area is 180 Å². The van der Waals surface area contributed by atoms with Crippen molar-refractivity contribution in [3.63, 3.8) is 0 Å². The second kappa shape index (κ2) is 7.13. The van der Waals surface area contributed by atoms with Crippen molar-refractivity contribution < 1.29 is 23.0 Å². The van der Waals surface area contributed by atoms with E-state index in [1.807, 2.05) is 10.6 Å². The lowest BCUT2D eigenvalue weighted by Crippen LogP contribution is -2.40. The molecular weight excluding hydrogens is 434 g/mol. The van der Waals surface area contributed by atoms with Gasteiger partial charge in [0.1, 0.15) is 11.6 Å². The van der Waals surface area contributed by atoms with Gasteiger partial charge < -0.3 is 14.0 Å². The van der Waals surface area contributed by atoms with Crippen molar-refractivity contribution in [1.82, 2.24) is 9.55 Å². The average molecular weight is 451 g/mol. The highest BCUT2D eigenvalue weighted by Gasteiger charge is 2.54. The van der Waals surface area contributed by atoms with Gasteiger partial charge in [-0.15, -0.1) is 0 Å². The first-order chi connectivity index (χ1) is 14.4. The molecule has 2 atom stereocenters. The standard InChI is InChI=1S/C21H17ClF2N2O3S/c1-2-28-19(27)21-9-8-13(17-15(29-20(23)24)4-3-5-16(17)30-21)26-14-10-11(22)6-7-12(14)25-18(21)26/h3-7,10,13,20H,2,8-9H2,1H3/t13-,21?/m1/s1. The molecule has 6 rings (SSSR count). The summed E-state index contributed by atoms with van der Waals surface area (Å²) in [6.45, 7) is -0.959. The fourth-order valence-electron chi connectivity index (χ4n) is 4.43. The number of hydrogen-bond donors (Lipinski definition) is 0. The van der Waals surface area contributed by atoms with E-state index < -0.39 is 11.4 Å². The highest BCUT2D eigenvalue weighted by molar-refractivity contribution is 8.01. The Morgan fingerprint density at radius 2 is 2.23 bits per heavy atom. The summed E-state index contributed by atoms with van der Waals surface area (Å²) < 4.78 is 37.5. The van der Waals surface area contributed by atoms with Gasteiger partial charge in [0.05, 0.1) is 23.7 Å². The number of aromatic nitrogens is 2. The van der Waals surface area contributed by atoms with Crippen molar-refractivity contribution in [2.75, 3.05) is 6.61 Å². The first-order valence-corrected chi connectivity index (χ1v) is 10.8. The predicted octanol–water partition coefficient (Wildman–Crippen LogP) is 5.54. The molecule has 0 saturated heterocycles. The van der Waals surface area contributed by atoms with Gasteiger partial charge in [-0.05, 0) is 50.1 Å². The van der Waals surface area contributed by atoms with Gasteiger partial charge in [-0.25, -0.2) is 4.98 Å². The second-order valence-electron chi connectivity index (χ2n) is 7.19. The summed E-state index contributed by atoms with van der Waals surface area (Å²) in [4.78, 5) is 18.7. The van der Waals surface area contributed by atoms with Crippen LogP contribution >= 0.6 is 23.4 Å². The minimum Gasteiger partial charge on any atom is -0.465 e. The molecule has 4 heterocycles. The molecule has 0 fully saturated rings. The van der Waals surface area contributed by atoms with E-state index in [-0.39, 0.29) is 24.4 Å². The molecule has 0 aliphatic carbocycles. The van der Waals surface area contributed by atoms with Crippen LogP contribution in [0.3, 0.4) is 0 Å². The third-order valence-electron chi connectivity index (χ3n) is 5.56. The quantitative estimate of drug-likeness (QED) is 0.488. The van der Waals surface area contributed by atoms with Crippen LogP contribution in [0, 0.1) is 0 Å². The number of thioether (sulfide) groups is 1. The summed E-state index contributed by atoms with van der Waals surface area (Å²) >= 11 is 7.55. The maximum Gasteiger partial charge on any atom is 0.387 e. The van der Waals surface area contributed by atoms with Crippen LogP contribution in [0.1, 0.15) is 37.2 Å². The number of alkyl halides is 2. The van der Waals surface area contributed by atoms with E-state index in [2.05, 4.69) is 0 Å². The molecule has 0 amide bonds. The average Bonchev–Trinajstić information content (AvgIpc) is 2.93. The molecule has 0 saturated carbocycles. The minimum atomic E-state index is -2.95. The first kappa shape index (κ1) is 19.6. The molecule has 0 N–H and O–H groups in total. The van der Waals surface area contributed by atoms with E-state index in [0.29, 0.717) is 39.7 Å². The highest BCUT2D eigenvalue weighted by atomic mass is 35.5. The van der Waals surface area contributed by atoms with Crippen LogP contribution in [0.2, 0.25) is 5.02 Å². The Bertz CT molecular complexity index is 1170. The first-order valence-electron chi connectivity index (χ1n) is 9.56. The van der Waals surface area contributed by atoms with E-state index in [0.717, 1.165) is 5.52 Å². The maximum atomic E-state index is 13.2. The van der Waals surface area contributed by atoms with Crippen LogP contribution in [-0.2, 0) is 14.3 Å². The summed E-state index contributed by atoms with van der Waals surface area (Å²) in [6.07, 6.45) is 1.02. The number of hydrogen-bond acceptors (Lipinski definition) is 5. The van der Waals surface area contributed by atoms with Crippen LogP contribution in [0.15, 0.2) is 41.3 Å². The fourth-order valence-corrected chi connectivity index (χ4v) is 6.06. The minimum absolute atomic E-state index is 0.108. The van der Waals surface area contributed by atoms with E-state index in [9.17, 15) is 13.6 Å². The Kier molecular flexibility index (Phi) is 4.67. The number of fused-ring (bicyclic) bond motifs is 2. The molecule has 156 valence electrons. The van der Waals surface area contributed by atoms with Crippen molar-refractivity contribution in [2.24, 2.45) is 0 Å². The van der Waals surface area contributed by atoms with Gasteiger partial charge in [0, 0.05) is 15.5 Å². The summed E-state index contributed by atoms with van der Waals surface area (Å²) in [5.74, 6) is 0.277. The number of benzene rings is 2. The van der Waals surface area contributed by atoms with Crippen molar-refractivity contribution >= 4 is 40.4 Å². The molecule has 3 aliphatic rings. The summed E-state index contributed by atoms with van der Waals surface area (Å²) in [5, 5.41) is 0.528. The lowest BCUT2D eigenvalue weighted by atomic mass is 9.89. The van der Waals surface area contributed by atoms with Crippen LogP contribution < -0.4 is 4.74 Å². The van der Waals surface area contributed by atoms with E-state index in [4.69, 9.17) is 26.1 Å². The van der Waals surface area contributed by atoms with Gasteiger partial charge in [-0.3, -0.25) is 4.79 Å². The normalized spacial score (nSPS) is 22.0. The number of imidazole rings is 1. The van der Waals surface area contributed by atoms with Gasteiger partial charge >= 0.3 is 12.6 Å². The number of ether oxygens (including phenoxy) is 2. The zero-order valence-corrected chi connectivity index (χ0v) is 17.5. The SMILES string of the molecule is CCOC(=O)C12CC[C@H](c3c(OC(F)F)cccc3S1)n1c2nc2ccc(Cl)cc21. The second-order valence-corrected chi connectivity index (χ2v) is 8.97. The Morgan fingerprint density at radius 1 is 1.40 bits per heavy atom. The fraction of sp³-hybridized carbons (Fsp3) is 0.333. The zero-order chi connectivity index (χ0) is 21.0. The molecule has 3 aromatic rings. The van der Waals surface area contributed by atoms with Crippen molar-refractivity contribution in [3.8, 4) is 5.75 Å². The smallest absolute Gasteiger partial charge is 0.387 e. The molecule has 1 unspecified atom stereocenters. The number of rotatable bonds is 4. The number of carbonyl (C=O) groups is 1. The Balaban J connectivity index is 1.83. The lowest BCUT2D eigenvalue weighted by Gasteiger charge is -2.34. The number of halogens is 3. The largest absolute Gasteiger partial charge is 0.465 e. The number of nitrogens with zero attached hydrogens (tertiary/aromatic N) is 2. The van der Waals surface area contributed by atoms with Gasteiger partial charge in [-0.2, -0.15) is 8.78 Å². The van der Waals surface area contributed by atoms with Gasteiger partial charge in [0.15, 0.2) is 4.75 Å². The number of esters is 1. The van der Waals surface area contributed by atoms with Gasteiger partial charge in [-0.1, -0.05) is 29.4 Å². The van der Waals surface area contributed by atoms with Crippen LogP contribution in [0.5, 0.6) is 5.75 Å². The predicted molar refractivity (Wildman–Crippen MR) is 109 cm³/mol. The van der Waals surface area contributed by atoms with Gasteiger partial charge in [0.2, 0.25) is 0 Å². The maximum absolute atomic E-state index is 13.2. The lowest BCUT2D eigenvalue weighted by molar-refractivity contribution is -0.147. The molecule has 1 aromatic heterocycles. The van der Waals surface area contributed by atoms with E-state index in [1.165, 1.54) is 17.8 Å². The molecule has 0 spiro atoms. The molecule has 30 heavy (non-hydrogen) atoms. The van der Waals surface area contributed by atoms with Crippen molar-refractivity contribution in [2.45, 2.75) is 42.1 Å².